The Kier molecular flexibility index (Phi) is 7.43. The lowest BCUT2D eigenvalue weighted by molar-refractivity contribution is -0.118. The number of hydrogen-bond acceptors (Lipinski definition) is 5. The quantitative estimate of drug-likeness (QED) is 0.472. The molecule has 0 saturated heterocycles. The minimum atomic E-state index is -0.294. The molecule has 1 amide bonds. The van der Waals surface area contributed by atoms with Crippen molar-refractivity contribution in [2.45, 2.75) is 26.8 Å². The van der Waals surface area contributed by atoms with E-state index in [2.05, 4.69) is 25.2 Å². The van der Waals surface area contributed by atoms with Crippen LogP contribution in [0.5, 0.6) is 5.75 Å². The highest BCUT2D eigenvalue weighted by Gasteiger charge is 2.18. The summed E-state index contributed by atoms with van der Waals surface area (Å²) in [6.07, 6.45) is 0.523. The van der Waals surface area contributed by atoms with Gasteiger partial charge in [0.25, 0.3) is 0 Å². The number of aliphatic imine (C=N–C) groups is 2. The fraction of sp³-hybridized carbons (Fsp3) is 0.222. The molecule has 1 heterocycles. The highest BCUT2D eigenvalue weighted by atomic mass is 32.2. The first kappa shape index (κ1) is 23.7. The van der Waals surface area contributed by atoms with Crippen molar-refractivity contribution in [3.8, 4) is 5.75 Å². The summed E-state index contributed by atoms with van der Waals surface area (Å²) in [6, 6.07) is 18.0. The second kappa shape index (κ2) is 10.7. The van der Waals surface area contributed by atoms with E-state index in [0.29, 0.717) is 13.0 Å². The van der Waals surface area contributed by atoms with E-state index in [1.165, 1.54) is 23.9 Å². The Hall–Kier alpha value is -3.45. The van der Waals surface area contributed by atoms with E-state index >= 15 is 0 Å². The molecule has 0 saturated carbocycles. The van der Waals surface area contributed by atoms with Crippen molar-refractivity contribution in [2.75, 3.05) is 12.9 Å². The van der Waals surface area contributed by atoms with Gasteiger partial charge in [-0.1, -0.05) is 12.1 Å². The zero-order valence-electron chi connectivity index (χ0n) is 19.4. The van der Waals surface area contributed by atoms with Crippen LogP contribution in [0.3, 0.4) is 0 Å². The van der Waals surface area contributed by atoms with E-state index in [0.717, 1.165) is 50.1 Å². The van der Waals surface area contributed by atoms with Gasteiger partial charge in [0.2, 0.25) is 5.91 Å². The van der Waals surface area contributed by atoms with Gasteiger partial charge in [-0.3, -0.25) is 9.79 Å². The third-order valence-electron chi connectivity index (χ3n) is 5.61. The molecule has 0 radical (unpaired) electrons. The number of aryl methyl sites for hydroxylation is 2. The van der Waals surface area contributed by atoms with Crippen molar-refractivity contribution in [1.82, 2.24) is 5.32 Å². The number of fused-ring (bicyclic) bond motifs is 1. The molecule has 1 aliphatic rings. The number of halogens is 1. The van der Waals surface area contributed by atoms with Crippen LogP contribution in [0, 0.1) is 19.7 Å². The second-order valence-corrected chi connectivity index (χ2v) is 9.13. The Morgan fingerprint density at radius 1 is 1.00 bits per heavy atom. The minimum absolute atomic E-state index is 0.107. The van der Waals surface area contributed by atoms with Gasteiger partial charge in [0.05, 0.1) is 35.0 Å². The molecular formula is C27H26FN3O2S. The highest BCUT2D eigenvalue weighted by molar-refractivity contribution is 8.14. The molecule has 0 aliphatic carbocycles. The van der Waals surface area contributed by atoms with E-state index < -0.39 is 0 Å². The third kappa shape index (κ3) is 5.91. The number of methoxy groups -OCH3 is 1. The van der Waals surface area contributed by atoms with E-state index in [-0.39, 0.29) is 17.5 Å². The van der Waals surface area contributed by atoms with Crippen LogP contribution in [0.2, 0.25) is 0 Å². The number of hydrogen-bond donors (Lipinski definition) is 1. The molecule has 0 bridgehead atoms. The molecule has 1 N–H and O–H groups in total. The third-order valence-corrected chi connectivity index (χ3v) is 6.58. The fourth-order valence-electron chi connectivity index (χ4n) is 3.50. The predicted molar refractivity (Wildman–Crippen MR) is 138 cm³/mol. The minimum Gasteiger partial charge on any atom is -0.497 e. The Morgan fingerprint density at radius 3 is 2.29 bits per heavy atom. The summed E-state index contributed by atoms with van der Waals surface area (Å²) in [7, 11) is 1.64. The normalized spacial score (nSPS) is 12.8. The Balaban J connectivity index is 1.51. The van der Waals surface area contributed by atoms with Crippen molar-refractivity contribution >= 4 is 39.8 Å². The predicted octanol–water partition coefficient (Wildman–Crippen LogP) is 6.06. The lowest BCUT2D eigenvalue weighted by atomic mass is 10.1. The molecule has 34 heavy (non-hydrogen) atoms. The first-order chi connectivity index (χ1) is 16.4. The fourth-order valence-corrected chi connectivity index (χ4v) is 4.30. The maximum absolute atomic E-state index is 13.1. The van der Waals surface area contributed by atoms with Crippen LogP contribution in [0.1, 0.15) is 28.7 Å². The summed E-state index contributed by atoms with van der Waals surface area (Å²) in [6.45, 7) is 4.47. The molecule has 0 fully saturated rings. The monoisotopic (exact) mass is 475 g/mol. The molecule has 0 aromatic heterocycles. The highest BCUT2D eigenvalue weighted by Crippen LogP contribution is 2.36. The largest absolute Gasteiger partial charge is 0.497 e. The lowest BCUT2D eigenvalue weighted by Gasteiger charge is -2.09. The van der Waals surface area contributed by atoms with Gasteiger partial charge in [-0.25, -0.2) is 9.38 Å². The van der Waals surface area contributed by atoms with Crippen LogP contribution in [-0.4, -0.2) is 29.5 Å². The molecule has 0 atom stereocenters. The number of thioether (sulfide) groups is 1. The summed E-state index contributed by atoms with van der Waals surface area (Å²) >= 11 is 1.41. The van der Waals surface area contributed by atoms with E-state index in [1.54, 1.807) is 19.2 Å². The van der Waals surface area contributed by atoms with Gasteiger partial charge in [-0.15, -0.1) is 11.8 Å². The second-order valence-electron chi connectivity index (χ2n) is 8.09. The van der Waals surface area contributed by atoms with E-state index in [1.807, 2.05) is 30.3 Å². The zero-order valence-corrected chi connectivity index (χ0v) is 20.2. The van der Waals surface area contributed by atoms with Crippen LogP contribution >= 0.6 is 11.8 Å². The maximum atomic E-state index is 13.1. The van der Waals surface area contributed by atoms with Gasteiger partial charge in [-0.05, 0) is 84.6 Å². The number of carbonyl (C=O) groups excluding carboxylic acids is 1. The van der Waals surface area contributed by atoms with Crippen molar-refractivity contribution in [3.63, 3.8) is 0 Å². The van der Waals surface area contributed by atoms with Gasteiger partial charge in [0, 0.05) is 13.0 Å². The lowest BCUT2D eigenvalue weighted by Crippen LogP contribution is -2.25. The molecule has 3 aromatic rings. The van der Waals surface area contributed by atoms with Gasteiger partial charge >= 0.3 is 0 Å². The van der Waals surface area contributed by atoms with Crippen molar-refractivity contribution in [3.05, 3.63) is 88.7 Å². The number of carbonyl (C=O) groups is 1. The molecule has 174 valence electrons. The van der Waals surface area contributed by atoms with Gasteiger partial charge < -0.3 is 10.1 Å². The van der Waals surface area contributed by atoms with Crippen LogP contribution < -0.4 is 10.1 Å². The maximum Gasteiger partial charge on any atom is 0.230 e. The number of nitrogens with zero attached hydrogens (tertiary/aromatic N) is 2. The molecule has 0 unspecified atom stereocenters. The molecule has 4 rings (SSSR count). The molecule has 1 aliphatic heterocycles. The smallest absolute Gasteiger partial charge is 0.230 e. The van der Waals surface area contributed by atoms with Gasteiger partial charge in [0.1, 0.15) is 11.6 Å². The van der Waals surface area contributed by atoms with Crippen LogP contribution in [0.4, 0.5) is 15.8 Å². The summed E-state index contributed by atoms with van der Waals surface area (Å²) in [5, 5.41) is 3.71. The molecular weight excluding hydrogens is 449 g/mol. The average molecular weight is 476 g/mol. The molecule has 5 nitrogen and oxygen atoms in total. The van der Waals surface area contributed by atoms with Gasteiger partial charge in [0.15, 0.2) is 0 Å². The topological polar surface area (TPSA) is 63.1 Å². The summed E-state index contributed by atoms with van der Waals surface area (Å²) in [5.41, 5.74) is 6.66. The Labute approximate surface area is 203 Å². The summed E-state index contributed by atoms with van der Waals surface area (Å²) < 4.78 is 18.4. The summed E-state index contributed by atoms with van der Waals surface area (Å²) in [4.78, 5) is 22.3. The number of nitrogens with one attached hydrogen (secondary N) is 1. The SMILES string of the molecule is COc1ccc(C2=Nc3cc(C)c(C)cc3N=C(SCC(=O)NCc3ccc(F)cc3)C2)cc1. The standard InChI is InChI=1S/C27H26FN3O2S/c1-17-12-24-25(13-18(17)2)31-27(14-23(30-24)20-6-10-22(33-3)11-7-20)34-16-26(32)29-15-19-4-8-21(28)9-5-19/h4-13H,14-16H2,1-3H3,(H,29,32). The van der Waals surface area contributed by atoms with Crippen LogP contribution in [-0.2, 0) is 11.3 Å². The number of amides is 1. The van der Waals surface area contributed by atoms with E-state index in [4.69, 9.17) is 14.7 Å². The first-order valence-electron chi connectivity index (χ1n) is 11.0. The summed E-state index contributed by atoms with van der Waals surface area (Å²) in [5.74, 6) is 0.614. The van der Waals surface area contributed by atoms with Crippen molar-refractivity contribution in [2.24, 2.45) is 9.98 Å². The molecule has 0 spiro atoms. The Morgan fingerprint density at radius 2 is 1.65 bits per heavy atom. The number of ether oxygens (including phenoxy) is 1. The van der Waals surface area contributed by atoms with Crippen LogP contribution in [0.15, 0.2) is 70.6 Å². The average Bonchev–Trinajstić information content (AvgIpc) is 3.01. The van der Waals surface area contributed by atoms with Gasteiger partial charge in [-0.2, -0.15) is 0 Å². The number of rotatable bonds is 6. The number of benzene rings is 3. The first-order valence-corrected chi connectivity index (χ1v) is 11.9. The van der Waals surface area contributed by atoms with Crippen molar-refractivity contribution in [1.29, 1.82) is 0 Å². The van der Waals surface area contributed by atoms with Crippen LogP contribution in [0.25, 0.3) is 0 Å². The molecule has 3 aromatic carbocycles. The van der Waals surface area contributed by atoms with E-state index in [9.17, 15) is 9.18 Å². The van der Waals surface area contributed by atoms with Crippen molar-refractivity contribution < 1.29 is 13.9 Å². The molecule has 7 heteroatoms. The Bertz CT molecular complexity index is 1250. The zero-order chi connectivity index (χ0) is 24.1.